The number of fused-ring (bicyclic) bond motifs is 2. The van der Waals surface area contributed by atoms with E-state index in [2.05, 4.69) is 70.6 Å². The van der Waals surface area contributed by atoms with Gasteiger partial charge in [0.25, 0.3) is 0 Å². The summed E-state index contributed by atoms with van der Waals surface area (Å²) in [7, 11) is 0. The molecule has 0 unspecified atom stereocenters. The molecule has 5 heteroatoms. The number of para-hydroxylation sites is 2. The number of hydrogen-bond donors (Lipinski definition) is 2. The van der Waals surface area contributed by atoms with E-state index in [4.69, 9.17) is 0 Å². The third-order valence-corrected chi connectivity index (χ3v) is 8.61. The summed E-state index contributed by atoms with van der Waals surface area (Å²) in [5.41, 5.74) is 1.32. The summed E-state index contributed by atoms with van der Waals surface area (Å²) in [6.45, 7) is 0. The van der Waals surface area contributed by atoms with Crippen LogP contribution in [0.5, 0.6) is 11.5 Å². The number of pyridine rings is 2. The molecule has 2 heterocycles. The quantitative estimate of drug-likeness (QED) is 0.284. The monoisotopic (exact) mass is 564 g/mol. The average molecular weight is 563 g/mol. The molecule has 0 saturated heterocycles. The van der Waals surface area contributed by atoms with Crippen molar-refractivity contribution in [1.82, 2.24) is 9.97 Å². The molecule has 6 rings (SSSR count). The Morgan fingerprint density at radius 1 is 0.429 bits per heavy atom. The van der Waals surface area contributed by atoms with Crippen LogP contribution in [0.1, 0.15) is 0 Å². The van der Waals surface area contributed by atoms with Crippen molar-refractivity contribution >= 4 is 50.1 Å². The molecule has 0 aliphatic heterocycles. The van der Waals surface area contributed by atoms with Crippen LogP contribution in [0.2, 0.25) is 0 Å². The Kier molecular flexibility index (Phi) is 8.67. The van der Waals surface area contributed by atoms with Crippen LogP contribution in [-0.4, -0.2) is 41.3 Å². The van der Waals surface area contributed by atoms with Crippen molar-refractivity contribution in [2.45, 2.75) is 0 Å². The fourth-order valence-corrected chi connectivity index (χ4v) is 6.39. The first kappa shape index (κ1) is 24.2. The molecule has 0 amide bonds. The molecular weight excluding hydrogens is 539 g/mol. The number of rotatable bonds is 2. The second-order valence-electron chi connectivity index (χ2n) is 7.56. The van der Waals surface area contributed by atoms with Crippen molar-refractivity contribution in [2.75, 3.05) is 0 Å². The summed E-state index contributed by atoms with van der Waals surface area (Å²) < 4.78 is 3.08. The second-order valence-corrected chi connectivity index (χ2v) is 11.6. The minimum atomic E-state index is -0.517. The molecule has 4 nitrogen and oxygen atoms in total. The SMILES string of the molecule is Oc1cccc2cccnc12.Oc1cccc2cccnc12.c1cc[c]([Sn][c]2ccccc2)cc1. The summed E-state index contributed by atoms with van der Waals surface area (Å²) in [4.78, 5) is 8.06. The zero-order valence-electron chi connectivity index (χ0n) is 19.0. The molecule has 0 aliphatic carbocycles. The first-order valence-corrected chi connectivity index (χ1v) is 14.0. The molecule has 0 saturated carbocycles. The van der Waals surface area contributed by atoms with Gasteiger partial charge in [-0.3, -0.25) is 9.97 Å². The van der Waals surface area contributed by atoms with E-state index in [1.54, 1.807) is 36.7 Å². The predicted molar refractivity (Wildman–Crippen MR) is 145 cm³/mol. The fourth-order valence-electron chi connectivity index (χ4n) is 3.39. The van der Waals surface area contributed by atoms with Crippen molar-refractivity contribution in [2.24, 2.45) is 0 Å². The van der Waals surface area contributed by atoms with Crippen LogP contribution in [0.3, 0.4) is 0 Å². The zero-order valence-corrected chi connectivity index (χ0v) is 21.8. The van der Waals surface area contributed by atoms with E-state index in [1.165, 1.54) is 7.16 Å². The molecule has 2 radical (unpaired) electrons. The molecule has 0 fully saturated rings. The van der Waals surface area contributed by atoms with Gasteiger partial charge in [0.05, 0.1) is 0 Å². The van der Waals surface area contributed by atoms with Gasteiger partial charge in [-0.1, -0.05) is 36.4 Å². The molecule has 35 heavy (non-hydrogen) atoms. The number of phenols is 2. The number of hydrogen-bond acceptors (Lipinski definition) is 4. The van der Waals surface area contributed by atoms with Crippen molar-refractivity contribution in [3.63, 3.8) is 0 Å². The minimum absolute atomic E-state index is 0.239. The van der Waals surface area contributed by atoms with Gasteiger partial charge < -0.3 is 10.2 Å². The number of nitrogens with zero attached hydrogens (tertiary/aromatic N) is 2. The van der Waals surface area contributed by atoms with Crippen molar-refractivity contribution < 1.29 is 10.2 Å². The van der Waals surface area contributed by atoms with Crippen LogP contribution in [-0.2, 0) is 0 Å². The molecule has 0 aliphatic rings. The van der Waals surface area contributed by atoms with Crippen molar-refractivity contribution in [3.05, 3.63) is 134 Å². The van der Waals surface area contributed by atoms with Gasteiger partial charge in [-0.2, -0.15) is 0 Å². The average Bonchev–Trinajstić information content (AvgIpc) is 2.91. The zero-order chi connectivity index (χ0) is 24.3. The summed E-state index contributed by atoms with van der Waals surface area (Å²) in [6.07, 6.45) is 3.34. The maximum atomic E-state index is 9.31. The second kappa shape index (κ2) is 12.5. The van der Waals surface area contributed by atoms with Gasteiger partial charge in [-0.15, -0.1) is 0 Å². The Bertz CT molecular complexity index is 1370. The van der Waals surface area contributed by atoms with E-state index in [1.807, 2.05) is 36.4 Å². The van der Waals surface area contributed by atoms with Crippen molar-refractivity contribution in [1.29, 1.82) is 0 Å². The molecule has 0 spiro atoms. The van der Waals surface area contributed by atoms with Gasteiger partial charge in [0, 0.05) is 23.2 Å². The van der Waals surface area contributed by atoms with Crippen LogP contribution in [0.15, 0.2) is 134 Å². The topological polar surface area (TPSA) is 66.2 Å². The Balaban J connectivity index is 0.000000124. The maximum absolute atomic E-state index is 9.31. The van der Waals surface area contributed by atoms with Gasteiger partial charge in [-0.05, 0) is 24.3 Å². The molecule has 4 aromatic carbocycles. The molecule has 0 atom stereocenters. The van der Waals surface area contributed by atoms with Crippen LogP contribution >= 0.6 is 0 Å². The van der Waals surface area contributed by atoms with E-state index in [-0.39, 0.29) is 11.5 Å². The molecule has 2 N–H and O–H groups in total. The number of aromatic nitrogens is 2. The number of phenolic OH excluding ortho intramolecular Hbond substituents is 2. The third-order valence-electron chi connectivity index (χ3n) is 5.06. The van der Waals surface area contributed by atoms with Gasteiger partial charge in [0.1, 0.15) is 22.5 Å². The van der Waals surface area contributed by atoms with Crippen LogP contribution in [0.25, 0.3) is 21.8 Å². The molecule has 2 aromatic heterocycles. The van der Waals surface area contributed by atoms with E-state index >= 15 is 0 Å². The summed E-state index contributed by atoms with van der Waals surface area (Å²) >= 11 is -0.517. The van der Waals surface area contributed by atoms with Gasteiger partial charge in [0.15, 0.2) is 0 Å². The Labute approximate surface area is 214 Å². The molecule has 170 valence electrons. The summed E-state index contributed by atoms with van der Waals surface area (Å²) in [6, 6.07) is 39.8. The predicted octanol–water partition coefficient (Wildman–Crippen LogP) is 5.22. The summed E-state index contributed by atoms with van der Waals surface area (Å²) in [5.74, 6) is 0.478. The number of benzene rings is 4. The van der Waals surface area contributed by atoms with Gasteiger partial charge in [-0.25, -0.2) is 0 Å². The van der Waals surface area contributed by atoms with Gasteiger partial charge >= 0.3 is 89.0 Å². The van der Waals surface area contributed by atoms with E-state index in [9.17, 15) is 10.2 Å². The molecule has 0 bridgehead atoms. The number of aromatic hydroxyl groups is 2. The molecule has 6 aromatic rings. The van der Waals surface area contributed by atoms with Crippen LogP contribution < -0.4 is 7.16 Å². The van der Waals surface area contributed by atoms with Crippen LogP contribution in [0.4, 0.5) is 0 Å². The first-order valence-electron chi connectivity index (χ1n) is 11.1. The summed E-state index contributed by atoms with van der Waals surface area (Å²) in [5, 5.41) is 20.5. The first-order chi connectivity index (χ1) is 17.2. The Morgan fingerprint density at radius 3 is 1.23 bits per heavy atom. The van der Waals surface area contributed by atoms with Crippen molar-refractivity contribution in [3.8, 4) is 11.5 Å². The molecular formula is C30H24N2O2Sn. The Hall–Kier alpha value is -3.90. The van der Waals surface area contributed by atoms with E-state index in [0.717, 1.165) is 10.8 Å². The van der Waals surface area contributed by atoms with E-state index < -0.39 is 21.1 Å². The Morgan fingerprint density at radius 2 is 0.829 bits per heavy atom. The fraction of sp³-hybridized carbons (Fsp3) is 0. The normalized spacial score (nSPS) is 10.1. The van der Waals surface area contributed by atoms with Gasteiger partial charge in [0.2, 0.25) is 0 Å². The van der Waals surface area contributed by atoms with Crippen LogP contribution in [0, 0.1) is 0 Å². The third kappa shape index (κ3) is 7.04. The van der Waals surface area contributed by atoms with E-state index in [0.29, 0.717) is 11.0 Å². The standard InChI is InChI=1S/2C9H7NO.2C6H5.Sn/c2*11-8-5-1-3-7-4-2-6-10-9(7)8;2*1-2-4-6-5-3-1;/h2*1-6,11H;2*1-5H;.